The normalized spacial score (nSPS) is 11.2. The van der Waals surface area contributed by atoms with E-state index in [2.05, 4.69) is 20.2 Å². The minimum absolute atomic E-state index is 0.0593. The molecule has 0 aliphatic rings. The highest BCUT2D eigenvalue weighted by Gasteiger charge is 2.21. The van der Waals surface area contributed by atoms with Crippen LogP contribution in [-0.4, -0.2) is 25.9 Å². The highest BCUT2D eigenvalue weighted by atomic mass is 32.1. The average molecular weight is 416 g/mol. The van der Waals surface area contributed by atoms with Crippen molar-refractivity contribution in [1.82, 2.24) is 20.2 Å². The van der Waals surface area contributed by atoms with Crippen molar-refractivity contribution in [3.8, 4) is 11.1 Å². The van der Waals surface area contributed by atoms with Crippen LogP contribution >= 0.6 is 11.3 Å². The smallest absolute Gasteiger partial charge is 0.291 e. The molecule has 0 saturated carbocycles. The van der Waals surface area contributed by atoms with Gasteiger partial charge in [-0.15, -0.1) is 21.5 Å². The predicted molar refractivity (Wildman–Crippen MR) is 111 cm³/mol. The number of thiazole rings is 1. The number of carbonyl (C=O) groups excluding carboxylic acids is 1. The van der Waals surface area contributed by atoms with E-state index in [9.17, 15) is 4.79 Å². The fourth-order valence-corrected chi connectivity index (χ4v) is 4.04. The van der Waals surface area contributed by atoms with Crippen LogP contribution in [0.2, 0.25) is 0 Å². The number of hydrogen-bond acceptors (Lipinski definition) is 8. The van der Waals surface area contributed by atoms with Gasteiger partial charge in [-0.25, -0.2) is 9.97 Å². The van der Waals surface area contributed by atoms with E-state index in [1.807, 2.05) is 55.5 Å². The van der Waals surface area contributed by atoms with Crippen LogP contribution in [0.3, 0.4) is 0 Å². The first kappa shape index (κ1) is 18.4. The summed E-state index contributed by atoms with van der Waals surface area (Å²) in [5.41, 5.74) is 2.96. The number of carbonyl (C=O) groups is 1. The molecule has 3 aromatic heterocycles. The lowest BCUT2D eigenvalue weighted by Crippen LogP contribution is -2.00. The van der Waals surface area contributed by atoms with Gasteiger partial charge in [0.15, 0.2) is 10.9 Å². The van der Waals surface area contributed by atoms with Crippen molar-refractivity contribution >= 4 is 27.3 Å². The Balaban J connectivity index is 1.35. The monoisotopic (exact) mass is 416 g/mol. The van der Waals surface area contributed by atoms with Gasteiger partial charge in [0.1, 0.15) is 5.76 Å². The Hall–Kier alpha value is -3.65. The lowest BCUT2D eigenvalue weighted by Gasteiger charge is -2.00. The highest BCUT2D eigenvalue weighted by molar-refractivity contribution is 7.20. The van der Waals surface area contributed by atoms with Crippen LogP contribution in [0.1, 0.15) is 33.2 Å². The molecule has 2 aromatic carbocycles. The molecule has 3 heterocycles. The van der Waals surface area contributed by atoms with E-state index in [1.165, 1.54) is 11.3 Å². The molecule has 0 N–H and O–H groups in total. The zero-order valence-corrected chi connectivity index (χ0v) is 16.8. The minimum atomic E-state index is -0.372. The first-order chi connectivity index (χ1) is 14.7. The Morgan fingerprint density at radius 1 is 0.967 bits per heavy atom. The molecule has 0 saturated heterocycles. The number of benzene rings is 2. The third-order valence-corrected chi connectivity index (χ3v) is 5.59. The van der Waals surface area contributed by atoms with Crippen molar-refractivity contribution in [2.24, 2.45) is 0 Å². The molecule has 5 aromatic rings. The second-order valence-corrected chi connectivity index (χ2v) is 7.79. The summed E-state index contributed by atoms with van der Waals surface area (Å²) in [4.78, 5) is 21.4. The van der Waals surface area contributed by atoms with Crippen molar-refractivity contribution in [3.05, 3.63) is 83.2 Å². The maximum atomic E-state index is 12.8. The van der Waals surface area contributed by atoms with E-state index >= 15 is 0 Å². The number of aryl methyl sites for hydroxylation is 3. The van der Waals surface area contributed by atoms with Crippen molar-refractivity contribution in [1.29, 1.82) is 0 Å². The maximum absolute atomic E-state index is 12.8. The Labute approximate surface area is 175 Å². The number of rotatable bonds is 6. The Kier molecular flexibility index (Phi) is 4.68. The molecule has 0 unspecified atom stereocenters. The van der Waals surface area contributed by atoms with E-state index in [1.54, 1.807) is 6.20 Å². The topological polar surface area (TPSA) is 94.9 Å². The second-order valence-electron chi connectivity index (χ2n) is 6.76. The lowest BCUT2D eigenvalue weighted by molar-refractivity contribution is 0.100. The van der Waals surface area contributed by atoms with E-state index in [0.29, 0.717) is 29.6 Å². The van der Waals surface area contributed by atoms with Crippen molar-refractivity contribution in [2.75, 3.05) is 0 Å². The molecule has 0 fully saturated rings. The number of nitrogens with zero attached hydrogens (tertiary/aromatic N) is 4. The standard InChI is InChI=1S/C22H16N4O3S/c1-13-12-23-18(28-13)9-10-19-25-26-21(29-19)20(27)22-24-16-8-7-15(11-17(16)30-22)14-5-3-2-4-6-14/h2-8,11-12H,9-10H2,1H3. The number of oxazole rings is 1. The number of aromatic nitrogens is 4. The number of ketones is 1. The van der Waals surface area contributed by atoms with Gasteiger partial charge in [0.25, 0.3) is 11.7 Å². The van der Waals surface area contributed by atoms with Gasteiger partial charge in [-0.05, 0) is 30.2 Å². The van der Waals surface area contributed by atoms with Crippen LogP contribution in [0.15, 0.2) is 63.6 Å². The third kappa shape index (κ3) is 3.65. The molecule has 0 bridgehead atoms. The largest absolute Gasteiger partial charge is 0.446 e. The molecule has 0 aliphatic carbocycles. The summed E-state index contributed by atoms with van der Waals surface area (Å²) < 4.78 is 11.9. The second kappa shape index (κ2) is 7.64. The molecular formula is C22H16N4O3S. The summed E-state index contributed by atoms with van der Waals surface area (Å²) in [5, 5.41) is 8.18. The summed E-state index contributed by atoms with van der Waals surface area (Å²) in [6.07, 6.45) is 2.63. The zero-order valence-electron chi connectivity index (χ0n) is 16.0. The van der Waals surface area contributed by atoms with Gasteiger partial charge in [-0.3, -0.25) is 4.79 Å². The summed E-state index contributed by atoms with van der Waals surface area (Å²) >= 11 is 1.32. The quantitative estimate of drug-likeness (QED) is 0.372. The molecule has 0 aliphatic heterocycles. The molecule has 5 rings (SSSR count). The Bertz CT molecular complexity index is 1340. The Morgan fingerprint density at radius 2 is 1.80 bits per heavy atom. The van der Waals surface area contributed by atoms with Gasteiger partial charge in [-0.1, -0.05) is 36.4 Å². The predicted octanol–water partition coefficient (Wildman–Crippen LogP) is 4.66. The van der Waals surface area contributed by atoms with Crippen molar-refractivity contribution in [2.45, 2.75) is 19.8 Å². The zero-order chi connectivity index (χ0) is 20.5. The molecule has 0 amide bonds. The summed E-state index contributed by atoms with van der Waals surface area (Å²) in [6.45, 7) is 1.83. The van der Waals surface area contributed by atoms with E-state index in [0.717, 1.165) is 27.1 Å². The molecule has 148 valence electrons. The fraction of sp³-hybridized carbons (Fsp3) is 0.136. The molecule has 30 heavy (non-hydrogen) atoms. The third-order valence-electron chi connectivity index (χ3n) is 4.57. The van der Waals surface area contributed by atoms with Gasteiger partial charge in [-0.2, -0.15) is 0 Å². The van der Waals surface area contributed by atoms with Gasteiger partial charge >= 0.3 is 0 Å². The fourth-order valence-electron chi connectivity index (χ4n) is 3.10. The van der Waals surface area contributed by atoms with Crippen LogP contribution in [0.5, 0.6) is 0 Å². The molecular weight excluding hydrogens is 400 g/mol. The van der Waals surface area contributed by atoms with Gasteiger partial charge in [0.05, 0.1) is 16.4 Å². The number of fused-ring (bicyclic) bond motifs is 1. The van der Waals surface area contributed by atoms with Crippen molar-refractivity contribution in [3.63, 3.8) is 0 Å². The van der Waals surface area contributed by atoms with Gasteiger partial charge in [0.2, 0.25) is 5.89 Å². The average Bonchev–Trinajstić information content (AvgIpc) is 3.51. The van der Waals surface area contributed by atoms with Gasteiger partial charge < -0.3 is 8.83 Å². The maximum Gasteiger partial charge on any atom is 0.291 e. The van der Waals surface area contributed by atoms with E-state index < -0.39 is 0 Å². The summed E-state index contributed by atoms with van der Waals surface area (Å²) in [5.74, 6) is 1.28. The van der Waals surface area contributed by atoms with Crippen LogP contribution in [-0.2, 0) is 12.8 Å². The van der Waals surface area contributed by atoms with Crippen LogP contribution in [0.4, 0.5) is 0 Å². The summed E-state index contributed by atoms with van der Waals surface area (Å²) in [6, 6.07) is 16.0. The lowest BCUT2D eigenvalue weighted by atomic mass is 10.1. The molecule has 0 atom stereocenters. The van der Waals surface area contributed by atoms with E-state index in [-0.39, 0.29) is 11.7 Å². The molecule has 0 radical (unpaired) electrons. The number of hydrogen-bond donors (Lipinski definition) is 0. The molecule has 8 heteroatoms. The van der Waals surface area contributed by atoms with Crippen LogP contribution < -0.4 is 0 Å². The summed E-state index contributed by atoms with van der Waals surface area (Å²) in [7, 11) is 0. The first-order valence-corrected chi connectivity index (χ1v) is 10.2. The van der Waals surface area contributed by atoms with Crippen LogP contribution in [0, 0.1) is 6.92 Å². The minimum Gasteiger partial charge on any atom is -0.446 e. The molecule has 7 nitrogen and oxygen atoms in total. The van der Waals surface area contributed by atoms with Crippen LogP contribution in [0.25, 0.3) is 21.3 Å². The highest BCUT2D eigenvalue weighted by Crippen LogP contribution is 2.29. The Morgan fingerprint density at radius 3 is 2.60 bits per heavy atom. The van der Waals surface area contributed by atoms with Gasteiger partial charge in [0, 0.05) is 12.8 Å². The SMILES string of the molecule is Cc1cnc(CCc2nnc(C(=O)c3nc4ccc(-c5ccccc5)cc4s3)o2)o1. The first-order valence-electron chi connectivity index (χ1n) is 9.40. The van der Waals surface area contributed by atoms with Crippen molar-refractivity contribution < 1.29 is 13.6 Å². The van der Waals surface area contributed by atoms with E-state index in [4.69, 9.17) is 8.83 Å². The molecule has 0 spiro atoms.